The third-order valence-electron chi connectivity index (χ3n) is 0.770. The minimum Gasteiger partial charge on any atom is -0.282 e. The molecule has 0 aliphatic carbocycles. The molecule has 0 atom stereocenters. The lowest BCUT2D eigenvalue weighted by atomic mass is 10.5. The summed E-state index contributed by atoms with van der Waals surface area (Å²) in [4.78, 5) is 4.74. The fourth-order valence-electron chi connectivity index (χ4n) is 0.412. The third kappa shape index (κ3) is 1.01. The number of hydrazine groups is 1. The second kappa shape index (κ2) is 2.37. The monoisotopic (exact) mass is 111 g/mol. The fraction of sp³-hybridized carbons (Fsp3) is 0.200. The maximum atomic E-state index is 4.74. The molecular formula is C5H7N2O. The summed E-state index contributed by atoms with van der Waals surface area (Å²) >= 11 is 0. The number of allylic oxidation sites excluding steroid dienone is 2. The van der Waals surface area contributed by atoms with Gasteiger partial charge in [-0.1, -0.05) is 0 Å². The summed E-state index contributed by atoms with van der Waals surface area (Å²) in [6.07, 6.45) is 7.96. The Morgan fingerprint density at radius 1 is 1.75 bits per heavy atom. The number of nitrogens with zero attached hydrogens (tertiary/aromatic N) is 1. The smallest absolute Gasteiger partial charge is 0.0661 e. The van der Waals surface area contributed by atoms with Crippen molar-refractivity contribution in [1.29, 1.82) is 0 Å². The zero-order chi connectivity index (χ0) is 5.82. The van der Waals surface area contributed by atoms with E-state index in [0.717, 1.165) is 0 Å². The van der Waals surface area contributed by atoms with Crippen LogP contribution in [0.2, 0.25) is 0 Å². The number of nitrogens with one attached hydrogen (secondary N) is 1. The van der Waals surface area contributed by atoms with E-state index in [2.05, 4.69) is 11.5 Å². The average Bonchev–Trinajstić information content (AvgIpc) is 1.90. The number of hydroxylamine groups is 1. The Hall–Kier alpha value is -0.960. The Morgan fingerprint density at radius 3 is 3.00 bits per heavy atom. The average molecular weight is 111 g/mol. The summed E-state index contributed by atoms with van der Waals surface area (Å²) in [6, 6.07) is 0. The van der Waals surface area contributed by atoms with Crippen molar-refractivity contribution >= 4 is 0 Å². The zero-order valence-electron chi connectivity index (χ0n) is 4.59. The van der Waals surface area contributed by atoms with E-state index in [0.29, 0.717) is 0 Å². The van der Waals surface area contributed by atoms with E-state index in [9.17, 15) is 0 Å². The van der Waals surface area contributed by atoms with E-state index in [4.69, 9.17) is 4.84 Å². The van der Waals surface area contributed by atoms with Crippen LogP contribution in [-0.4, -0.2) is 12.3 Å². The highest BCUT2D eigenvalue weighted by Gasteiger charge is 1.91. The van der Waals surface area contributed by atoms with E-state index in [1.807, 2.05) is 0 Å². The van der Waals surface area contributed by atoms with E-state index in [1.54, 1.807) is 25.6 Å². The van der Waals surface area contributed by atoms with Gasteiger partial charge in [0.15, 0.2) is 0 Å². The first kappa shape index (κ1) is 5.18. The number of hydrogen-bond donors (Lipinski definition) is 1. The summed E-state index contributed by atoms with van der Waals surface area (Å²) in [7, 11) is 1.57. The normalized spacial score (nSPS) is 16.4. The molecule has 3 heteroatoms. The van der Waals surface area contributed by atoms with Crippen molar-refractivity contribution in [2.45, 2.75) is 0 Å². The van der Waals surface area contributed by atoms with Crippen molar-refractivity contribution in [2.24, 2.45) is 0 Å². The molecule has 0 bridgehead atoms. The highest BCUT2D eigenvalue weighted by Crippen LogP contribution is 1.88. The molecule has 1 rings (SSSR count). The Bertz CT molecular complexity index is 120. The number of rotatable bonds is 1. The van der Waals surface area contributed by atoms with Crippen molar-refractivity contribution in [1.82, 2.24) is 10.6 Å². The first-order chi connectivity index (χ1) is 3.93. The first-order valence-corrected chi connectivity index (χ1v) is 2.27. The van der Waals surface area contributed by atoms with Crippen LogP contribution < -0.4 is 5.43 Å². The van der Waals surface area contributed by atoms with Gasteiger partial charge < -0.3 is 0 Å². The van der Waals surface area contributed by atoms with Gasteiger partial charge in [-0.3, -0.25) is 10.3 Å². The Morgan fingerprint density at radius 2 is 2.62 bits per heavy atom. The first-order valence-electron chi connectivity index (χ1n) is 2.27. The van der Waals surface area contributed by atoms with Crippen LogP contribution in [0.5, 0.6) is 0 Å². The van der Waals surface area contributed by atoms with Gasteiger partial charge in [0.05, 0.1) is 13.3 Å². The van der Waals surface area contributed by atoms with Crippen molar-refractivity contribution in [2.75, 3.05) is 7.11 Å². The van der Waals surface area contributed by atoms with Gasteiger partial charge in [0.25, 0.3) is 0 Å². The van der Waals surface area contributed by atoms with Gasteiger partial charge in [-0.25, -0.2) is 0 Å². The highest BCUT2D eigenvalue weighted by molar-refractivity contribution is 4.96. The molecule has 0 saturated carbocycles. The SMILES string of the molecule is CON1C=[C]C=CN1. The Balaban J connectivity index is 2.40. The molecule has 1 N–H and O–H groups in total. The van der Waals surface area contributed by atoms with Crippen LogP contribution in [0.15, 0.2) is 18.5 Å². The van der Waals surface area contributed by atoms with Crippen LogP contribution in [0.4, 0.5) is 0 Å². The van der Waals surface area contributed by atoms with Crippen LogP contribution >= 0.6 is 0 Å². The molecule has 0 unspecified atom stereocenters. The topological polar surface area (TPSA) is 24.5 Å². The maximum Gasteiger partial charge on any atom is 0.0661 e. The lowest BCUT2D eigenvalue weighted by molar-refractivity contribution is -0.119. The minimum absolute atomic E-state index is 1.44. The molecule has 0 fully saturated rings. The van der Waals surface area contributed by atoms with Crippen molar-refractivity contribution in [3.8, 4) is 0 Å². The molecule has 0 saturated heterocycles. The van der Waals surface area contributed by atoms with Crippen LogP contribution in [0, 0.1) is 6.08 Å². The Labute approximate surface area is 48.2 Å². The molecule has 1 heterocycles. The lowest BCUT2D eigenvalue weighted by Crippen LogP contribution is -2.28. The van der Waals surface area contributed by atoms with Gasteiger partial charge in [0.2, 0.25) is 0 Å². The van der Waals surface area contributed by atoms with E-state index >= 15 is 0 Å². The van der Waals surface area contributed by atoms with Crippen LogP contribution in [-0.2, 0) is 4.84 Å². The molecule has 0 aromatic heterocycles. The van der Waals surface area contributed by atoms with Crippen LogP contribution in [0.3, 0.4) is 0 Å². The minimum atomic E-state index is 1.44. The summed E-state index contributed by atoms with van der Waals surface area (Å²) in [6.45, 7) is 0. The second-order valence-corrected chi connectivity index (χ2v) is 1.27. The fourth-order valence-corrected chi connectivity index (χ4v) is 0.412. The van der Waals surface area contributed by atoms with Gasteiger partial charge in [0.1, 0.15) is 0 Å². The maximum absolute atomic E-state index is 4.74. The molecule has 8 heavy (non-hydrogen) atoms. The molecule has 0 aromatic rings. The molecule has 1 radical (unpaired) electrons. The van der Waals surface area contributed by atoms with Crippen molar-refractivity contribution in [3.05, 3.63) is 24.6 Å². The van der Waals surface area contributed by atoms with Gasteiger partial charge in [0, 0.05) is 12.3 Å². The lowest BCUT2D eigenvalue weighted by Gasteiger charge is -2.17. The van der Waals surface area contributed by atoms with Gasteiger partial charge >= 0.3 is 0 Å². The Kier molecular flexibility index (Phi) is 1.54. The quantitative estimate of drug-likeness (QED) is 0.523. The molecule has 3 nitrogen and oxygen atoms in total. The van der Waals surface area contributed by atoms with E-state index < -0.39 is 0 Å². The van der Waals surface area contributed by atoms with Crippen LogP contribution in [0.1, 0.15) is 0 Å². The van der Waals surface area contributed by atoms with Crippen LogP contribution in [0.25, 0.3) is 0 Å². The van der Waals surface area contributed by atoms with Crippen molar-refractivity contribution < 1.29 is 4.84 Å². The van der Waals surface area contributed by atoms with Gasteiger partial charge in [-0.05, 0) is 6.08 Å². The second-order valence-electron chi connectivity index (χ2n) is 1.27. The predicted molar refractivity (Wildman–Crippen MR) is 28.9 cm³/mol. The molecule has 0 amide bonds. The molecule has 1 aliphatic rings. The standard InChI is InChI=1S/C5H7N2O/c1-8-7-5-3-2-4-6-7/h2,4-6H,1H3. The summed E-state index contributed by atoms with van der Waals surface area (Å²) in [5.74, 6) is 0. The van der Waals surface area contributed by atoms with E-state index in [1.165, 1.54) is 5.17 Å². The molecular weight excluding hydrogens is 104 g/mol. The summed E-state index contributed by atoms with van der Waals surface area (Å²) in [5.41, 5.74) is 2.78. The summed E-state index contributed by atoms with van der Waals surface area (Å²) in [5, 5.41) is 1.44. The third-order valence-corrected chi connectivity index (χ3v) is 0.770. The zero-order valence-corrected chi connectivity index (χ0v) is 4.59. The highest BCUT2D eigenvalue weighted by atomic mass is 16.7. The van der Waals surface area contributed by atoms with E-state index in [-0.39, 0.29) is 0 Å². The largest absolute Gasteiger partial charge is 0.282 e. The van der Waals surface area contributed by atoms with Gasteiger partial charge in [-0.2, -0.15) is 5.17 Å². The molecule has 1 aliphatic heterocycles. The number of hydrogen-bond acceptors (Lipinski definition) is 3. The predicted octanol–water partition coefficient (Wildman–Crippen LogP) is 0.199. The van der Waals surface area contributed by atoms with Gasteiger partial charge in [-0.15, -0.1) is 0 Å². The van der Waals surface area contributed by atoms with Crippen molar-refractivity contribution in [3.63, 3.8) is 0 Å². The molecule has 0 spiro atoms. The molecule has 43 valence electrons. The summed E-state index contributed by atoms with van der Waals surface area (Å²) < 4.78 is 0. The molecule has 0 aromatic carbocycles.